The van der Waals surface area contributed by atoms with Crippen molar-refractivity contribution in [2.24, 2.45) is 0 Å². The van der Waals surface area contributed by atoms with E-state index in [-0.39, 0.29) is 27.1 Å². The van der Waals surface area contributed by atoms with Gasteiger partial charge in [-0.15, -0.1) is 0 Å². The first-order valence-electron chi connectivity index (χ1n) is 6.12. The highest BCUT2D eigenvalue weighted by Gasteiger charge is 2.22. The minimum atomic E-state index is -0.575. The summed E-state index contributed by atoms with van der Waals surface area (Å²) in [6, 6.07) is 6.09. The van der Waals surface area contributed by atoms with Gasteiger partial charge in [0.15, 0.2) is 0 Å². The topological polar surface area (TPSA) is 94.9 Å². The maximum Gasteiger partial charge on any atom is 0.288 e. The van der Waals surface area contributed by atoms with Crippen molar-refractivity contribution in [2.75, 3.05) is 5.73 Å². The highest BCUT2D eigenvalue weighted by atomic mass is 35.5. The predicted octanol–water partition coefficient (Wildman–Crippen LogP) is 4.09. The van der Waals surface area contributed by atoms with Crippen LogP contribution < -0.4 is 5.73 Å². The quantitative estimate of drug-likeness (QED) is 0.562. The van der Waals surface area contributed by atoms with E-state index in [1.54, 1.807) is 24.5 Å². The number of benzene rings is 1. The smallest absolute Gasteiger partial charge is 0.288 e. The van der Waals surface area contributed by atoms with Gasteiger partial charge in [-0.2, -0.15) is 0 Å². The average Bonchev–Trinajstić information content (AvgIpc) is 2.47. The molecule has 2 N–H and O–H groups in total. The molecule has 22 heavy (non-hydrogen) atoms. The third kappa shape index (κ3) is 2.32. The first-order valence-corrected chi connectivity index (χ1v) is 6.87. The van der Waals surface area contributed by atoms with E-state index in [0.29, 0.717) is 11.1 Å². The highest BCUT2D eigenvalue weighted by molar-refractivity contribution is 6.40. The molecule has 3 rings (SSSR count). The summed E-state index contributed by atoms with van der Waals surface area (Å²) in [5.41, 5.74) is 7.10. The lowest BCUT2D eigenvalue weighted by Gasteiger charge is -2.11. The van der Waals surface area contributed by atoms with Crippen molar-refractivity contribution in [3.05, 3.63) is 56.8 Å². The summed E-state index contributed by atoms with van der Waals surface area (Å²) in [5, 5.41) is 11.9. The van der Waals surface area contributed by atoms with E-state index < -0.39 is 4.92 Å². The third-order valence-corrected chi connectivity index (χ3v) is 3.88. The van der Waals surface area contributed by atoms with Crippen LogP contribution in [0.15, 0.2) is 36.7 Å². The number of aromatic nitrogens is 2. The van der Waals surface area contributed by atoms with Gasteiger partial charge in [0.25, 0.3) is 5.69 Å². The van der Waals surface area contributed by atoms with Crippen molar-refractivity contribution in [3.8, 4) is 11.1 Å². The van der Waals surface area contributed by atoms with Crippen molar-refractivity contribution in [3.63, 3.8) is 0 Å². The average molecular weight is 335 g/mol. The molecule has 0 atom stereocenters. The molecule has 0 unspecified atom stereocenters. The summed E-state index contributed by atoms with van der Waals surface area (Å²) >= 11 is 12.3. The Labute approximate surface area is 134 Å². The number of nitrogen functional groups attached to an aromatic ring is 1. The first kappa shape index (κ1) is 14.5. The van der Waals surface area contributed by atoms with E-state index in [1.807, 2.05) is 0 Å². The number of nitro benzene ring substituents is 1. The Morgan fingerprint density at radius 2 is 2.00 bits per heavy atom. The molecule has 0 saturated heterocycles. The van der Waals surface area contributed by atoms with Crippen LogP contribution in [-0.4, -0.2) is 14.9 Å². The van der Waals surface area contributed by atoms with Gasteiger partial charge in [-0.25, -0.2) is 4.98 Å². The standard InChI is InChI=1S/C14H8Cl2N4O2/c15-9-1-2-11(20(21)22)13(16)12(9)8-5-7-6-18-4-3-10(7)19-14(8)17/h1-6H,(H2,17,19). The Morgan fingerprint density at radius 1 is 1.23 bits per heavy atom. The molecule has 0 aliphatic rings. The molecule has 3 aromatic rings. The summed E-state index contributed by atoms with van der Waals surface area (Å²) in [7, 11) is 0. The molecule has 0 bridgehead atoms. The second-order valence-electron chi connectivity index (χ2n) is 4.50. The fraction of sp³-hybridized carbons (Fsp3) is 0. The normalized spacial score (nSPS) is 10.8. The van der Waals surface area contributed by atoms with Crippen molar-refractivity contribution in [1.82, 2.24) is 9.97 Å². The van der Waals surface area contributed by atoms with E-state index >= 15 is 0 Å². The fourth-order valence-electron chi connectivity index (χ4n) is 2.16. The van der Waals surface area contributed by atoms with E-state index in [9.17, 15) is 10.1 Å². The molecule has 0 aliphatic heterocycles. The number of fused-ring (bicyclic) bond motifs is 1. The van der Waals surface area contributed by atoms with Gasteiger partial charge in [0.2, 0.25) is 0 Å². The van der Waals surface area contributed by atoms with Crippen molar-refractivity contribution in [2.45, 2.75) is 0 Å². The second-order valence-corrected chi connectivity index (χ2v) is 5.29. The minimum Gasteiger partial charge on any atom is -0.383 e. The van der Waals surface area contributed by atoms with Gasteiger partial charge in [0.1, 0.15) is 10.8 Å². The lowest BCUT2D eigenvalue weighted by atomic mass is 10.0. The molecule has 0 saturated carbocycles. The lowest BCUT2D eigenvalue weighted by Crippen LogP contribution is -1.98. The Bertz CT molecular complexity index is 915. The van der Waals surface area contributed by atoms with Gasteiger partial charge >= 0.3 is 0 Å². The van der Waals surface area contributed by atoms with E-state index in [2.05, 4.69) is 9.97 Å². The zero-order valence-electron chi connectivity index (χ0n) is 11.0. The molecule has 0 aliphatic carbocycles. The molecule has 2 heterocycles. The molecule has 6 nitrogen and oxygen atoms in total. The maximum atomic E-state index is 11.0. The van der Waals surface area contributed by atoms with Crippen molar-refractivity contribution >= 4 is 45.6 Å². The van der Waals surface area contributed by atoms with E-state index in [4.69, 9.17) is 28.9 Å². The SMILES string of the molecule is Nc1nc2ccncc2cc1-c1c(Cl)ccc([N+](=O)[O-])c1Cl. The predicted molar refractivity (Wildman–Crippen MR) is 86.1 cm³/mol. The number of nitro groups is 1. The van der Waals surface area contributed by atoms with Gasteiger partial charge in [0.05, 0.1) is 15.5 Å². The molecule has 0 radical (unpaired) electrons. The summed E-state index contributed by atoms with van der Waals surface area (Å²) in [5.74, 6) is 0.183. The number of pyridine rings is 2. The Balaban J connectivity index is 2.34. The van der Waals surface area contributed by atoms with Crippen LogP contribution in [0.2, 0.25) is 10.0 Å². The first-order chi connectivity index (χ1) is 10.5. The molecule has 0 spiro atoms. The summed E-state index contributed by atoms with van der Waals surface area (Å²) in [6.07, 6.45) is 3.21. The largest absolute Gasteiger partial charge is 0.383 e. The van der Waals surface area contributed by atoms with Crippen LogP contribution in [0.3, 0.4) is 0 Å². The second kappa shape index (κ2) is 5.40. The number of nitrogens with two attached hydrogens (primary N) is 1. The van der Waals surface area contributed by atoms with Crippen LogP contribution in [0.4, 0.5) is 11.5 Å². The fourth-order valence-corrected chi connectivity index (χ4v) is 2.80. The lowest BCUT2D eigenvalue weighted by molar-refractivity contribution is -0.384. The number of rotatable bonds is 2. The molecule has 8 heteroatoms. The van der Waals surface area contributed by atoms with Crippen LogP contribution in [-0.2, 0) is 0 Å². The van der Waals surface area contributed by atoms with Crippen LogP contribution in [0.5, 0.6) is 0 Å². The zero-order valence-corrected chi connectivity index (χ0v) is 12.5. The van der Waals surface area contributed by atoms with Gasteiger partial charge < -0.3 is 5.73 Å². The molecule has 110 valence electrons. The summed E-state index contributed by atoms with van der Waals surface area (Å²) in [6.45, 7) is 0. The van der Waals surface area contributed by atoms with Crippen molar-refractivity contribution < 1.29 is 4.92 Å². The number of halogens is 2. The van der Waals surface area contributed by atoms with Gasteiger partial charge in [0, 0.05) is 35.0 Å². The summed E-state index contributed by atoms with van der Waals surface area (Å²) < 4.78 is 0. The third-order valence-electron chi connectivity index (χ3n) is 3.18. The Kier molecular flexibility index (Phi) is 3.56. The number of nitrogens with zero attached hydrogens (tertiary/aromatic N) is 3. The van der Waals surface area contributed by atoms with Gasteiger partial charge in [-0.1, -0.05) is 23.2 Å². The Morgan fingerprint density at radius 3 is 2.73 bits per heavy atom. The number of anilines is 1. The van der Waals surface area contributed by atoms with Crippen LogP contribution in [0.1, 0.15) is 0 Å². The molecule has 2 aromatic heterocycles. The van der Waals surface area contributed by atoms with Crippen LogP contribution in [0.25, 0.3) is 22.0 Å². The number of hydrogen-bond acceptors (Lipinski definition) is 5. The highest BCUT2D eigenvalue weighted by Crippen LogP contribution is 2.42. The molecule has 0 fully saturated rings. The monoisotopic (exact) mass is 334 g/mol. The van der Waals surface area contributed by atoms with Gasteiger partial charge in [-0.3, -0.25) is 15.1 Å². The molecule has 1 aromatic carbocycles. The minimum absolute atomic E-state index is 0.0748. The van der Waals surface area contributed by atoms with E-state index in [0.717, 1.165) is 5.39 Å². The molecule has 0 amide bonds. The summed E-state index contributed by atoms with van der Waals surface area (Å²) in [4.78, 5) is 18.7. The molecular formula is C14H8Cl2N4O2. The Hall–Kier alpha value is -2.44. The van der Waals surface area contributed by atoms with Crippen LogP contribution in [0, 0.1) is 10.1 Å². The maximum absolute atomic E-state index is 11.0. The number of hydrogen-bond donors (Lipinski definition) is 1. The zero-order chi connectivity index (χ0) is 15.9. The molecular weight excluding hydrogens is 327 g/mol. The van der Waals surface area contributed by atoms with Gasteiger partial charge in [-0.05, 0) is 18.2 Å². The van der Waals surface area contributed by atoms with E-state index in [1.165, 1.54) is 12.1 Å². The van der Waals surface area contributed by atoms with Crippen LogP contribution >= 0.6 is 23.2 Å². The van der Waals surface area contributed by atoms with Crippen molar-refractivity contribution in [1.29, 1.82) is 0 Å².